The fourth-order valence-electron chi connectivity index (χ4n) is 3.85. The van der Waals surface area contributed by atoms with Gasteiger partial charge in [0.2, 0.25) is 11.9 Å². The second-order valence-corrected chi connectivity index (χ2v) is 8.47. The van der Waals surface area contributed by atoms with Gasteiger partial charge in [0.15, 0.2) is 0 Å². The number of halogens is 2. The van der Waals surface area contributed by atoms with Crippen LogP contribution in [0.1, 0.15) is 12.8 Å². The van der Waals surface area contributed by atoms with Crippen LogP contribution in [0, 0.1) is 0 Å². The lowest BCUT2D eigenvalue weighted by molar-refractivity contribution is -0.117. The van der Waals surface area contributed by atoms with Crippen molar-refractivity contribution in [3.8, 4) is 22.4 Å². The van der Waals surface area contributed by atoms with Crippen LogP contribution in [0.5, 0.6) is 0 Å². The first-order valence-electron chi connectivity index (χ1n) is 10.5. The van der Waals surface area contributed by atoms with Gasteiger partial charge in [0.25, 0.3) is 0 Å². The summed E-state index contributed by atoms with van der Waals surface area (Å²) in [5, 5.41) is 4.29. The molecule has 3 heterocycles. The first-order valence-corrected chi connectivity index (χ1v) is 11.2. The topological polar surface area (TPSA) is 71.0 Å². The molecule has 0 aliphatic carbocycles. The van der Waals surface area contributed by atoms with Crippen molar-refractivity contribution in [2.24, 2.45) is 0 Å². The van der Waals surface area contributed by atoms with Gasteiger partial charge in [0.1, 0.15) is 0 Å². The lowest BCUT2D eigenvalue weighted by Gasteiger charge is -2.16. The summed E-state index contributed by atoms with van der Waals surface area (Å²) in [4.78, 5) is 27.0. The molecule has 0 atom stereocenters. The van der Waals surface area contributed by atoms with E-state index in [2.05, 4.69) is 20.3 Å². The first-order chi connectivity index (χ1) is 16.1. The van der Waals surface area contributed by atoms with E-state index in [-0.39, 0.29) is 5.91 Å². The highest BCUT2D eigenvalue weighted by Gasteiger charge is 2.22. The standard InChI is InChI=1S/C25H19Cl2N5O/c26-21-8-2-1-7-20(21)16-5-3-6-17(11-16)24-22(27)15-29-25(31-24)30-18-12-19(14-28-13-18)32-10-4-9-23(32)33/h1-3,5-8,11-15H,4,9-10H2,(H,29,30,31). The van der Waals surface area contributed by atoms with Crippen molar-refractivity contribution < 1.29 is 4.79 Å². The largest absolute Gasteiger partial charge is 0.323 e. The quantitative estimate of drug-likeness (QED) is 0.362. The van der Waals surface area contributed by atoms with E-state index in [1.165, 1.54) is 0 Å². The van der Waals surface area contributed by atoms with Crippen LogP contribution in [0.25, 0.3) is 22.4 Å². The molecular formula is C25H19Cl2N5O. The summed E-state index contributed by atoms with van der Waals surface area (Å²) in [5.41, 5.74) is 4.78. The highest BCUT2D eigenvalue weighted by atomic mass is 35.5. The molecule has 4 aromatic rings. The fourth-order valence-corrected chi connectivity index (χ4v) is 4.30. The third-order valence-corrected chi connectivity index (χ3v) is 6.04. The normalized spacial score (nSPS) is 13.4. The number of amides is 1. The van der Waals surface area contributed by atoms with E-state index < -0.39 is 0 Å². The van der Waals surface area contributed by atoms with Crippen LogP contribution in [0.2, 0.25) is 10.0 Å². The number of hydrogen-bond donors (Lipinski definition) is 1. The molecule has 1 aliphatic rings. The van der Waals surface area contributed by atoms with Gasteiger partial charge < -0.3 is 10.2 Å². The number of benzene rings is 2. The lowest BCUT2D eigenvalue weighted by atomic mass is 10.0. The maximum Gasteiger partial charge on any atom is 0.227 e. The average Bonchev–Trinajstić information content (AvgIpc) is 3.27. The van der Waals surface area contributed by atoms with E-state index in [4.69, 9.17) is 23.2 Å². The Morgan fingerprint density at radius 1 is 0.909 bits per heavy atom. The number of carbonyl (C=O) groups excluding carboxylic acids is 1. The van der Waals surface area contributed by atoms with E-state index >= 15 is 0 Å². The highest BCUT2D eigenvalue weighted by Crippen LogP contribution is 2.33. The Balaban J connectivity index is 1.45. The van der Waals surface area contributed by atoms with E-state index in [0.717, 1.165) is 28.8 Å². The summed E-state index contributed by atoms with van der Waals surface area (Å²) in [6.07, 6.45) is 6.33. The minimum atomic E-state index is 0.109. The molecule has 0 bridgehead atoms. The molecule has 0 radical (unpaired) electrons. The summed E-state index contributed by atoms with van der Waals surface area (Å²) in [5.74, 6) is 0.488. The van der Waals surface area contributed by atoms with Crippen molar-refractivity contribution in [2.45, 2.75) is 12.8 Å². The Labute approximate surface area is 201 Å². The van der Waals surface area contributed by atoms with Crippen molar-refractivity contribution in [3.05, 3.63) is 83.2 Å². The SMILES string of the molecule is O=C1CCCN1c1cncc(Nc2ncc(Cl)c(-c3cccc(-c4ccccc4Cl)c3)n2)c1. The number of nitrogens with one attached hydrogen (secondary N) is 1. The molecule has 2 aromatic carbocycles. The van der Waals surface area contributed by atoms with E-state index in [0.29, 0.717) is 40.3 Å². The van der Waals surface area contributed by atoms with Crippen LogP contribution < -0.4 is 10.2 Å². The zero-order chi connectivity index (χ0) is 22.8. The number of pyridine rings is 1. The van der Waals surface area contributed by atoms with Crippen LogP contribution >= 0.6 is 23.2 Å². The maximum atomic E-state index is 12.1. The molecule has 5 rings (SSSR count). The van der Waals surface area contributed by atoms with E-state index in [1.54, 1.807) is 23.5 Å². The number of rotatable bonds is 5. The summed E-state index contributed by atoms with van der Waals surface area (Å²) in [7, 11) is 0. The van der Waals surface area contributed by atoms with Gasteiger partial charge in [0.05, 0.1) is 40.7 Å². The molecule has 1 fully saturated rings. The lowest BCUT2D eigenvalue weighted by Crippen LogP contribution is -2.23. The molecule has 1 amide bonds. The molecule has 1 N–H and O–H groups in total. The second kappa shape index (κ2) is 9.17. The number of nitrogens with zero attached hydrogens (tertiary/aromatic N) is 4. The van der Waals surface area contributed by atoms with Crippen LogP contribution in [-0.4, -0.2) is 27.4 Å². The molecule has 1 aliphatic heterocycles. The van der Waals surface area contributed by atoms with Crippen LogP contribution in [0.4, 0.5) is 17.3 Å². The van der Waals surface area contributed by atoms with Crippen molar-refractivity contribution >= 4 is 46.4 Å². The molecule has 0 unspecified atom stereocenters. The van der Waals surface area contributed by atoms with Crippen molar-refractivity contribution in [2.75, 3.05) is 16.8 Å². The molecule has 33 heavy (non-hydrogen) atoms. The molecule has 6 nitrogen and oxygen atoms in total. The smallest absolute Gasteiger partial charge is 0.227 e. The minimum Gasteiger partial charge on any atom is -0.323 e. The molecule has 8 heteroatoms. The number of aromatic nitrogens is 3. The van der Waals surface area contributed by atoms with Crippen molar-refractivity contribution in [1.82, 2.24) is 15.0 Å². The second-order valence-electron chi connectivity index (χ2n) is 7.66. The molecule has 2 aromatic heterocycles. The van der Waals surface area contributed by atoms with Gasteiger partial charge in [-0.15, -0.1) is 0 Å². The van der Waals surface area contributed by atoms with E-state index in [1.807, 2.05) is 54.6 Å². The maximum absolute atomic E-state index is 12.1. The Morgan fingerprint density at radius 2 is 1.76 bits per heavy atom. The minimum absolute atomic E-state index is 0.109. The number of anilines is 3. The zero-order valence-corrected chi connectivity index (χ0v) is 19.0. The van der Waals surface area contributed by atoms with Crippen LogP contribution in [-0.2, 0) is 4.79 Å². The van der Waals surface area contributed by atoms with Crippen molar-refractivity contribution in [1.29, 1.82) is 0 Å². The zero-order valence-electron chi connectivity index (χ0n) is 17.5. The summed E-state index contributed by atoms with van der Waals surface area (Å²) in [6.45, 7) is 0.702. The number of carbonyl (C=O) groups is 1. The highest BCUT2D eigenvalue weighted by molar-refractivity contribution is 6.33. The Hall–Kier alpha value is -3.48. The van der Waals surface area contributed by atoms with Gasteiger partial charge in [-0.1, -0.05) is 59.6 Å². The molecule has 0 spiro atoms. The summed E-state index contributed by atoms with van der Waals surface area (Å²) in [6, 6.07) is 17.4. The molecule has 1 saturated heterocycles. The Kier molecular flexibility index (Phi) is 5.94. The first kappa shape index (κ1) is 21.4. The third-order valence-electron chi connectivity index (χ3n) is 5.43. The molecule has 0 saturated carbocycles. The average molecular weight is 476 g/mol. The number of hydrogen-bond acceptors (Lipinski definition) is 5. The van der Waals surface area contributed by atoms with Gasteiger partial charge in [-0.3, -0.25) is 9.78 Å². The Morgan fingerprint density at radius 3 is 2.58 bits per heavy atom. The third kappa shape index (κ3) is 4.53. The predicted octanol–water partition coefficient (Wildman–Crippen LogP) is 6.38. The van der Waals surface area contributed by atoms with Gasteiger partial charge in [-0.2, -0.15) is 0 Å². The van der Waals surface area contributed by atoms with Gasteiger partial charge >= 0.3 is 0 Å². The van der Waals surface area contributed by atoms with E-state index in [9.17, 15) is 4.79 Å². The van der Waals surface area contributed by atoms with Gasteiger partial charge in [-0.25, -0.2) is 9.97 Å². The summed E-state index contributed by atoms with van der Waals surface area (Å²) >= 11 is 12.8. The Bertz CT molecular complexity index is 1340. The van der Waals surface area contributed by atoms with Crippen molar-refractivity contribution in [3.63, 3.8) is 0 Å². The molecule has 164 valence electrons. The van der Waals surface area contributed by atoms with Crippen LogP contribution in [0.3, 0.4) is 0 Å². The molecular weight excluding hydrogens is 457 g/mol. The monoisotopic (exact) mass is 475 g/mol. The summed E-state index contributed by atoms with van der Waals surface area (Å²) < 4.78 is 0. The fraction of sp³-hybridized carbons (Fsp3) is 0.120. The predicted molar refractivity (Wildman–Crippen MR) is 132 cm³/mol. The van der Waals surface area contributed by atoms with Gasteiger partial charge in [0, 0.05) is 29.1 Å². The van der Waals surface area contributed by atoms with Crippen LogP contribution in [0.15, 0.2) is 73.2 Å². The van der Waals surface area contributed by atoms with Gasteiger partial charge in [-0.05, 0) is 30.2 Å².